The first-order chi connectivity index (χ1) is 16.3. The summed E-state index contributed by atoms with van der Waals surface area (Å²) in [5, 5.41) is 9.44. The number of nitrogens with zero attached hydrogens (tertiary/aromatic N) is 2. The van der Waals surface area contributed by atoms with Gasteiger partial charge >= 0.3 is 12.4 Å². The van der Waals surface area contributed by atoms with E-state index in [4.69, 9.17) is 11.6 Å². The van der Waals surface area contributed by atoms with E-state index in [1.165, 1.54) is 0 Å². The van der Waals surface area contributed by atoms with Gasteiger partial charge in [-0.25, -0.2) is 4.98 Å². The molecule has 0 aliphatic heterocycles. The van der Waals surface area contributed by atoms with E-state index in [9.17, 15) is 36.2 Å². The smallest absolute Gasteiger partial charge is 0.387 e. The molecule has 0 spiro atoms. The van der Waals surface area contributed by atoms with Crippen molar-refractivity contribution in [3.63, 3.8) is 0 Å². The van der Waals surface area contributed by atoms with Gasteiger partial charge in [-0.05, 0) is 47.9 Å². The third kappa shape index (κ3) is 6.52. The van der Waals surface area contributed by atoms with E-state index in [-0.39, 0.29) is 17.8 Å². The number of carbonyl (C=O) groups excluding carboxylic acids is 1. The molecule has 0 aliphatic carbocycles. The Morgan fingerprint density at radius 2 is 1.51 bits per heavy atom. The monoisotopic (exact) mass is 516 g/mol. The summed E-state index contributed by atoms with van der Waals surface area (Å²) in [6.45, 7) is -0.263. The molecular weight excluding hydrogens is 498 g/mol. The SMILES string of the molecule is Cc1cc(-c2ccccc2)c(CN(Cc2cc(C(F)(F)F)cc(C(F)(F)F)c2)C(=O)CO)c(Cl)n1. The average Bonchev–Trinajstić information content (AvgIpc) is 2.78. The Balaban J connectivity index is 2.07. The molecule has 3 rings (SSSR count). The van der Waals surface area contributed by atoms with E-state index in [1.54, 1.807) is 43.3 Å². The largest absolute Gasteiger partial charge is 0.416 e. The van der Waals surface area contributed by atoms with Gasteiger partial charge in [0, 0.05) is 24.3 Å². The zero-order valence-corrected chi connectivity index (χ0v) is 19.0. The van der Waals surface area contributed by atoms with Crippen LogP contribution in [0.15, 0.2) is 54.6 Å². The zero-order chi connectivity index (χ0) is 26.0. The normalized spacial score (nSPS) is 12.0. The van der Waals surface area contributed by atoms with Crippen LogP contribution in [0.2, 0.25) is 5.15 Å². The second-order valence-electron chi connectivity index (χ2n) is 7.77. The standard InChI is InChI=1S/C24H19ClF6N2O2/c1-14-7-19(16-5-3-2-4-6-16)20(22(25)32-14)12-33(21(35)13-34)11-15-8-17(23(26,27)28)10-18(9-15)24(29,30)31/h2-10,34H,11-13H2,1H3. The summed E-state index contributed by atoms with van der Waals surface area (Å²) < 4.78 is 79.6. The van der Waals surface area contributed by atoms with Crippen LogP contribution in [0.5, 0.6) is 0 Å². The fraction of sp³-hybridized carbons (Fsp3) is 0.250. The predicted octanol–water partition coefficient (Wildman–Crippen LogP) is 6.27. The Bertz CT molecular complexity index is 1180. The number of hydrogen-bond acceptors (Lipinski definition) is 3. The number of aryl methyl sites for hydroxylation is 1. The number of rotatable bonds is 6. The van der Waals surface area contributed by atoms with Crippen LogP contribution < -0.4 is 0 Å². The summed E-state index contributed by atoms with van der Waals surface area (Å²) in [6.07, 6.45) is -10.1. The minimum absolute atomic E-state index is 0.00989. The predicted molar refractivity (Wildman–Crippen MR) is 117 cm³/mol. The van der Waals surface area contributed by atoms with Crippen molar-refractivity contribution in [2.24, 2.45) is 0 Å². The van der Waals surface area contributed by atoms with Gasteiger partial charge in [-0.2, -0.15) is 26.3 Å². The van der Waals surface area contributed by atoms with E-state index >= 15 is 0 Å². The maximum absolute atomic E-state index is 13.3. The minimum Gasteiger partial charge on any atom is -0.387 e. The number of carbonyl (C=O) groups is 1. The van der Waals surface area contributed by atoms with Crippen molar-refractivity contribution >= 4 is 17.5 Å². The fourth-order valence-corrected chi connectivity index (χ4v) is 3.84. The Kier molecular flexibility index (Phi) is 7.76. The number of aromatic nitrogens is 1. The summed E-state index contributed by atoms with van der Waals surface area (Å²) in [4.78, 5) is 17.6. The topological polar surface area (TPSA) is 53.4 Å². The van der Waals surface area contributed by atoms with Gasteiger partial charge in [0.2, 0.25) is 5.91 Å². The molecule has 1 amide bonds. The highest BCUT2D eigenvalue weighted by Gasteiger charge is 2.37. The second kappa shape index (κ2) is 10.2. The van der Waals surface area contributed by atoms with Crippen LogP contribution in [0.1, 0.15) is 27.9 Å². The second-order valence-corrected chi connectivity index (χ2v) is 8.13. The van der Waals surface area contributed by atoms with Gasteiger partial charge in [0.25, 0.3) is 0 Å². The highest BCUT2D eigenvalue weighted by atomic mass is 35.5. The molecule has 0 saturated carbocycles. The third-order valence-electron chi connectivity index (χ3n) is 5.14. The van der Waals surface area contributed by atoms with Gasteiger partial charge in [0.15, 0.2) is 0 Å². The maximum atomic E-state index is 13.3. The van der Waals surface area contributed by atoms with Crippen molar-refractivity contribution in [1.29, 1.82) is 0 Å². The average molecular weight is 517 g/mol. The first-order valence-corrected chi connectivity index (χ1v) is 10.6. The Labute approximate surface area is 201 Å². The van der Waals surface area contributed by atoms with Crippen LogP contribution in [0.3, 0.4) is 0 Å². The number of hydrogen-bond donors (Lipinski definition) is 1. The summed E-state index contributed by atoms with van der Waals surface area (Å²) >= 11 is 6.34. The van der Waals surface area contributed by atoms with E-state index in [2.05, 4.69) is 4.98 Å². The van der Waals surface area contributed by atoms with E-state index in [1.807, 2.05) is 0 Å². The van der Waals surface area contributed by atoms with Crippen molar-refractivity contribution < 1.29 is 36.2 Å². The van der Waals surface area contributed by atoms with Crippen molar-refractivity contribution in [2.45, 2.75) is 32.4 Å². The lowest BCUT2D eigenvalue weighted by atomic mass is 9.99. The molecule has 35 heavy (non-hydrogen) atoms. The number of pyridine rings is 1. The Hall–Kier alpha value is -3.11. The first kappa shape index (κ1) is 26.5. The third-order valence-corrected chi connectivity index (χ3v) is 5.46. The van der Waals surface area contributed by atoms with Gasteiger partial charge in [0.05, 0.1) is 11.1 Å². The summed E-state index contributed by atoms with van der Waals surface area (Å²) in [5.41, 5.74) is -1.23. The van der Waals surface area contributed by atoms with E-state index in [0.29, 0.717) is 34.5 Å². The molecule has 0 bridgehead atoms. The van der Waals surface area contributed by atoms with Gasteiger partial charge in [-0.15, -0.1) is 0 Å². The molecule has 186 valence electrons. The molecule has 0 radical (unpaired) electrons. The molecule has 11 heteroatoms. The molecule has 0 aliphatic rings. The number of halogens is 7. The lowest BCUT2D eigenvalue weighted by Gasteiger charge is -2.25. The van der Waals surface area contributed by atoms with Gasteiger partial charge in [-0.3, -0.25) is 4.79 Å². The summed E-state index contributed by atoms with van der Waals surface area (Å²) in [7, 11) is 0. The molecule has 1 aromatic heterocycles. The molecule has 0 unspecified atom stereocenters. The number of amides is 1. The Morgan fingerprint density at radius 1 is 0.943 bits per heavy atom. The first-order valence-electron chi connectivity index (χ1n) is 10.2. The molecule has 0 saturated heterocycles. The van der Waals surface area contributed by atoms with Crippen molar-refractivity contribution in [3.05, 3.63) is 87.7 Å². The highest BCUT2D eigenvalue weighted by molar-refractivity contribution is 6.30. The molecular formula is C24H19ClF6N2O2. The number of aliphatic hydroxyl groups excluding tert-OH is 1. The van der Waals surface area contributed by atoms with Crippen LogP contribution in [0.25, 0.3) is 11.1 Å². The molecule has 2 aromatic carbocycles. The maximum Gasteiger partial charge on any atom is 0.416 e. The van der Waals surface area contributed by atoms with E-state index in [0.717, 1.165) is 4.90 Å². The molecule has 1 N–H and O–H groups in total. The molecule has 3 aromatic rings. The van der Waals surface area contributed by atoms with Gasteiger partial charge < -0.3 is 10.0 Å². The van der Waals surface area contributed by atoms with Crippen LogP contribution in [-0.2, 0) is 30.2 Å². The van der Waals surface area contributed by atoms with Crippen molar-refractivity contribution in [3.8, 4) is 11.1 Å². The Morgan fingerprint density at radius 3 is 2.03 bits per heavy atom. The quantitative estimate of drug-likeness (QED) is 0.310. The number of aliphatic hydroxyl groups is 1. The summed E-state index contributed by atoms with van der Waals surface area (Å²) in [6, 6.07) is 11.7. The molecule has 0 fully saturated rings. The zero-order valence-electron chi connectivity index (χ0n) is 18.2. The van der Waals surface area contributed by atoms with Crippen LogP contribution >= 0.6 is 11.6 Å². The van der Waals surface area contributed by atoms with Crippen LogP contribution in [0, 0.1) is 6.92 Å². The molecule has 1 heterocycles. The minimum atomic E-state index is -5.04. The van der Waals surface area contributed by atoms with E-state index < -0.39 is 48.1 Å². The van der Waals surface area contributed by atoms with Crippen molar-refractivity contribution in [2.75, 3.05) is 6.61 Å². The van der Waals surface area contributed by atoms with Crippen molar-refractivity contribution in [1.82, 2.24) is 9.88 Å². The van der Waals surface area contributed by atoms with Crippen LogP contribution in [-0.4, -0.2) is 27.5 Å². The lowest BCUT2D eigenvalue weighted by molar-refractivity contribution is -0.143. The highest BCUT2D eigenvalue weighted by Crippen LogP contribution is 2.37. The molecule has 0 atom stereocenters. The number of benzene rings is 2. The van der Waals surface area contributed by atoms with Gasteiger partial charge in [0.1, 0.15) is 11.8 Å². The molecule has 4 nitrogen and oxygen atoms in total. The van der Waals surface area contributed by atoms with Crippen LogP contribution in [0.4, 0.5) is 26.3 Å². The lowest BCUT2D eigenvalue weighted by Crippen LogP contribution is -2.33. The van der Waals surface area contributed by atoms with Gasteiger partial charge in [-0.1, -0.05) is 41.9 Å². The number of alkyl halides is 6. The fourth-order valence-electron chi connectivity index (χ4n) is 3.54. The summed E-state index contributed by atoms with van der Waals surface area (Å²) in [5.74, 6) is -0.911.